The average molecular weight is 240 g/mol. The third-order valence-electron chi connectivity index (χ3n) is 2.50. The van der Waals surface area contributed by atoms with Crippen molar-refractivity contribution in [2.24, 2.45) is 0 Å². The van der Waals surface area contributed by atoms with Gasteiger partial charge in [-0.3, -0.25) is 4.79 Å². The highest BCUT2D eigenvalue weighted by molar-refractivity contribution is 5.77. The van der Waals surface area contributed by atoms with Gasteiger partial charge in [-0.1, -0.05) is 0 Å². The SMILES string of the molecule is CC(C)N(C)C(=O)COc1ccc(N)c(F)c1. The summed E-state index contributed by atoms with van der Waals surface area (Å²) in [6, 6.07) is 4.20. The highest BCUT2D eigenvalue weighted by atomic mass is 19.1. The van der Waals surface area contributed by atoms with E-state index in [4.69, 9.17) is 10.5 Å². The minimum Gasteiger partial charge on any atom is -0.484 e. The number of carbonyl (C=O) groups is 1. The molecule has 0 aliphatic carbocycles. The fourth-order valence-corrected chi connectivity index (χ4v) is 1.13. The van der Waals surface area contributed by atoms with Crippen LogP contribution in [0.25, 0.3) is 0 Å². The summed E-state index contributed by atoms with van der Waals surface area (Å²) in [6.45, 7) is 3.69. The van der Waals surface area contributed by atoms with Crippen molar-refractivity contribution in [1.82, 2.24) is 4.90 Å². The van der Waals surface area contributed by atoms with Gasteiger partial charge in [-0.05, 0) is 26.0 Å². The number of halogens is 1. The number of anilines is 1. The Morgan fingerprint density at radius 3 is 2.71 bits per heavy atom. The van der Waals surface area contributed by atoms with Gasteiger partial charge in [-0.2, -0.15) is 0 Å². The van der Waals surface area contributed by atoms with E-state index in [1.165, 1.54) is 12.1 Å². The van der Waals surface area contributed by atoms with Crippen LogP contribution in [-0.4, -0.2) is 30.5 Å². The molecule has 0 atom stereocenters. The summed E-state index contributed by atoms with van der Waals surface area (Å²) in [6.07, 6.45) is 0. The molecule has 1 amide bonds. The molecule has 0 spiro atoms. The Labute approximate surface area is 100 Å². The lowest BCUT2D eigenvalue weighted by Gasteiger charge is -2.21. The normalized spacial score (nSPS) is 10.4. The van der Waals surface area contributed by atoms with Gasteiger partial charge in [-0.25, -0.2) is 4.39 Å². The second-order valence-corrected chi connectivity index (χ2v) is 4.07. The van der Waals surface area contributed by atoms with E-state index in [0.29, 0.717) is 5.75 Å². The standard InChI is InChI=1S/C12H17FN2O2/c1-8(2)15(3)12(16)7-17-9-4-5-11(14)10(13)6-9/h4-6,8H,7,14H2,1-3H3. The van der Waals surface area contributed by atoms with Gasteiger partial charge in [0, 0.05) is 19.2 Å². The smallest absolute Gasteiger partial charge is 0.260 e. The molecule has 0 bridgehead atoms. The molecule has 1 aromatic carbocycles. The highest BCUT2D eigenvalue weighted by Gasteiger charge is 2.12. The predicted octanol–water partition coefficient (Wildman–Crippen LogP) is 1.65. The summed E-state index contributed by atoms with van der Waals surface area (Å²) in [5.74, 6) is -0.411. The number of amides is 1. The Bertz CT molecular complexity index is 407. The Balaban J connectivity index is 2.56. The summed E-state index contributed by atoms with van der Waals surface area (Å²) in [4.78, 5) is 13.2. The molecule has 1 aromatic rings. The van der Waals surface area contributed by atoms with Crippen molar-refractivity contribution in [1.29, 1.82) is 0 Å². The van der Waals surface area contributed by atoms with Crippen LogP contribution in [0.3, 0.4) is 0 Å². The molecule has 0 aliphatic rings. The maximum absolute atomic E-state index is 13.1. The fourth-order valence-electron chi connectivity index (χ4n) is 1.13. The van der Waals surface area contributed by atoms with Crippen LogP contribution in [0.15, 0.2) is 18.2 Å². The number of nitrogen functional groups attached to an aromatic ring is 1. The molecule has 0 unspecified atom stereocenters. The molecule has 0 saturated carbocycles. The lowest BCUT2D eigenvalue weighted by atomic mass is 10.3. The van der Waals surface area contributed by atoms with Gasteiger partial charge in [-0.15, -0.1) is 0 Å². The monoisotopic (exact) mass is 240 g/mol. The molecular weight excluding hydrogens is 223 g/mol. The van der Waals surface area contributed by atoms with Crippen LogP contribution in [-0.2, 0) is 4.79 Å². The minimum atomic E-state index is -0.549. The first-order valence-corrected chi connectivity index (χ1v) is 5.35. The van der Waals surface area contributed by atoms with Crippen LogP contribution in [0.1, 0.15) is 13.8 Å². The van der Waals surface area contributed by atoms with Gasteiger partial charge < -0.3 is 15.4 Å². The maximum atomic E-state index is 13.1. The van der Waals surface area contributed by atoms with E-state index < -0.39 is 5.82 Å². The van der Waals surface area contributed by atoms with Crippen molar-refractivity contribution >= 4 is 11.6 Å². The molecule has 0 fully saturated rings. The third kappa shape index (κ3) is 3.62. The van der Waals surface area contributed by atoms with E-state index in [1.807, 2.05) is 13.8 Å². The lowest BCUT2D eigenvalue weighted by Crippen LogP contribution is -2.36. The summed E-state index contributed by atoms with van der Waals surface area (Å²) < 4.78 is 18.3. The van der Waals surface area contributed by atoms with Gasteiger partial charge in [0.25, 0.3) is 5.91 Å². The van der Waals surface area contributed by atoms with Gasteiger partial charge in [0.2, 0.25) is 0 Å². The lowest BCUT2D eigenvalue weighted by molar-refractivity contribution is -0.133. The maximum Gasteiger partial charge on any atom is 0.260 e. The Hall–Kier alpha value is -1.78. The molecular formula is C12H17FN2O2. The van der Waals surface area contributed by atoms with Crippen LogP contribution < -0.4 is 10.5 Å². The van der Waals surface area contributed by atoms with Crippen molar-refractivity contribution in [3.8, 4) is 5.75 Å². The Kier molecular flexibility index (Phi) is 4.31. The van der Waals surface area contributed by atoms with E-state index in [1.54, 1.807) is 11.9 Å². The van der Waals surface area contributed by atoms with E-state index >= 15 is 0 Å². The molecule has 2 N–H and O–H groups in total. The minimum absolute atomic E-state index is 0.0583. The fraction of sp³-hybridized carbons (Fsp3) is 0.417. The topological polar surface area (TPSA) is 55.6 Å². The number of nitrogens with two attached hydrogens (primary N) is 1. The van der Waals surface area contributed by atoms with Crippen molar-refractivity contribution in [3.63, 3.8) is 0 Å². The summed E-state index contributed by atoms with van der Waals surface area (Å²) in [5.41, 5.74) is 5.39. The molecule has 0 aromatic heterocycles. The molecule has 94 valence electrons. The quantitative estimate of drug-likeness (QED) is 0.814. The van der Waals surface area contributed by atoms with E-state index in [0.717, 1.165) is 6.07 Å². The zero-order valence-corrected chi connectivity index (χ0v) is 10.2. The number of benzene rings is 1. The van der Waals surface area contributed by atoms with Gasteiger partial charge in [0.1, 0.15) is 11.6 Å². The number of carbonyl (C=O) groups excluding carboxylic acids is 1. The number of nitrogens with zero attached hydrogens (tertiary/aromatic N) is 1. The third-order valence-corrected chi connectivity index (χ3v) is 2.50. The second kappa shape index (κ2) is 5.52. The summed E-state index contributed by atoms with van der Waals surface area (Å²) in [5, 5.41) is 0. The predicted molar refractivity (Wildman–Crippen MR) is 64.2 cm³/mol. The zero-order valence-electron chi connectivity index (χ0n) is 10.2. The van der Waals surface area contributed by atoms with Crippen molar-refractivity contribution in [3.05, 3.63) is 24.0 Å². The van der Waals surface area contributed by atoms with Gasteiger partial charge in [0.15, 0.2) is 6.61 Å². The first-order valence-electron chi connectivity index (χ1n) is 5.35. The number of ether oxygens (including phenoxy) is 1. The van der Waals surface area contributed by atoms with Crippen molar-refractivity contribution in [2.45, 2.75) is 19.9 Å². The molecule has 0 aliphatic heterocycles. The first-order chi connectivity index (χ1) is 7.91. The van der Waals surface area contributed by atoms with E-state index in [2.05, 4.69) is 0 Å². The number of rotatable bonds is 4. The molecule has 0 heterocycles. The molecule has 17 heavy (non-hydrogen) atoms. The van der Waals surface area contributed by atoms with Crippen molar-refractivity contribution in [2.75, 3.05) is 19.4 Å². The molecule has 0 saturated heterocycles. The number of likely N-dealkylation sites (N-methyl/N-ethyl adjacent to an activating group) is 1. The van der Waals surface area contributed by atoms with Crippen molar-refractivity contribution < 1.29 is 13.9 Å². The average Bonchev–Trinajstić information content (AvgIpc) is 2.29. The molecule has 4 nitrogen and oxygen atoms in total. The van der Waals surface area contributed by atoms with Gasteiger partial charge >= 0.3 is 0 Å². The van der Waals surface area contributed by atoms with Crippen LogP contribution in [0.4, 0.5) is 10.1 Å². The zero-order chi connectivity index (χ0) is 13.0. The molecule has 0 radical (unpaired) electrons. The number of hydrogen-bond donors (Lipinski definition) is 1. The van der Waals surface area contributed by atoms with Crippen LogP contribution in [0.2, 0.25) is 0 Å². The summed E-state index contributed by atoms with van der Waals surface area (Å²) >= 11 is 0. The van der Waals surface area contributed by atoms with Crippen LogP contribution in [0, 0.1) is 5.82 Å². The molecule has 1 rings (SSSR count). The first kappa shape index (κ1) is 13.3. The number of hydrogen-bond acceptors (Lipinski definition) is 3. The van der Waals surface area contributed by atoms with Crippen LogP contribution in [0.5, 0.6) is 5.75 Å². The second-order valence-electron chi connectivity index (χ2n) is 4.07. The largest absolute Gasteiger partial charge is 0.484 e. The summed E-state index contributed by atoms with van der Waals surface area (Å²) in [7, 11) is 1.69. The molecule has 5 heteroatoms. The Morgan fingerprint density at radius 2 is 2.18 bits per heavy atom. The van der Waals surface area contributed by atoms with Gasteiger partial charge in [0.05, 0.1) is 5.69 Å². The van der Waals surface area contributed by atoms with Crippen LogP contribution >= 0.6 is 0 Å². The van der Waals surface area contributed by atoms with E-state index in [-0.39, 0.29) is 24.2 Å². The highest BCUT2D eigenvalue weighted by Crippen LogP contribution is 2.17. The van der Waals surface area contributed by atoms with E-state index in [9.17, 15) is 9.18 Å². The Morgan fingerprint density at radius 1 is 1.53 bits per heavy atom.